The van der Waals surface area contributed by atoms with Crippen LogP contribution in [-0.4, -0.2) is 65.3 Å². The summed E-state index contributed by atoms with van der Waals surface area (Å²) in [6, 6.07) is 14.7. The Morgan fingerprint density at radius 1 is 0.935 bits per heavy atom. The molecule has 3 aliphatic heterocycles. The summed E-state index contributed by atoms with van der Waals surface area (Å²) in [4.78, 5) is 31.8. The standard InChI is InChI=1S/C26H31N3O2/c1-19-5-4-14-27(19)15-16-29-18-23-17-22(10-11-24(23)26(29)31)20-6-8-21(9-7-20)25(30)28-12-2-3-13-28/h6-11,17,19H,2-5,12-16,18H2,1H3/t19-/m1/s1. The van der Waals surface area contributed by atoms with E-state index in [0.717, 1.165) is 73.4 Å². The first kappa shape index (κ1) is 20.3. The third-order valence-corrected chi connectivity index (χ3v) is 7.19. The zero-order valence-corrected chi connectivity index (χ0v) is 18.3. The summed E-state index contributed by atoms with van der Waals surface area (Å²) in [7, 11) is 0. The van der Waals surface area contributed by atoms with Gasteiger partial charge in [-0.3, -0.25) is 14.5 Å². The van der Waals surface area contributed by atoms with Crippen LogP contribution in [0.4, 0.5) is 0 Å². The molecule has 0 spiro atoms. The molecule has 0 aromatic heterocycles. The zero-order valence-electron chi connectivity index (χ0n) is 18.3. The number of hydrogen-bond donors (Lipinski definition) is 0. The minimum absolute atomic E-state index is 0.131. The highest BCUT2D eigenvalue weighted by atomic mass is 16.2. The Hall–Kier alpha value is -2.66. The topological polar surface area (TPSA) is 43.9 Å². The number of fused-ring (bicyclic) bond motifs is 1. The smallest absolute Gasteiger partial charge is 0.254 e. The fourth-order valence-corrected chi connectivity index (χ4v) is 5.22. The second-order valence-corrected chi connectivity index (χ2v) is 9.20. The first-order chi connectivity index (χ1) is 15.1. The Bertz CT molecular complexity index is 979. The molecule has 5 rings (SSSR count). The molecule has 5 nitrogen and oxygen atoms in total. The predicted molar refractivity (Wildman–Crippen MR) is 122 cm³/mol. The molecular weight excluding hydrogens is 386 g/mol. The summed E-state index contributed by atoms with van der Waals surface area (Å²) in [5, 5.41) is 0. The van der Waals surface area contributed by atoms with E-state index in [2.05, 4.69) is 17.9 Å². The van der Waals surface area contributed by atoms with Gasteiger partial charge in [0.1, 0.15) is 0 Å². The SMILES string of the molecule is C[C@@H]1CCCN1CCN1Cc2cc(-c3ccc(C(=O)N4CCCC4)cc3)ccc2C1=O. The van der Waals surface area contributed by atoms with Crippen molar-refractivity contribution in [1.82, 2.24) is 14.7 Å². The number of amides is 2. The van der Waals surface area contributed by atoms with Crippen molar-refractivity contribution >= 4 is 11.8 Å². The second kappa shape index (κ2) is 8.46. The summed E-state index contributed by atoms with van der Waals surface area (Å²) in [6.45, 7) is 7.61. The first-order valence-electron chi connectivity index (χ1n) is 11.7. The van der Waals surface area contributed by atoms with Crippen LogP contribution >= 0.6 is 0 Å². The maximum Gasteiger partial charge on any atom is 0.254 e. The normalized spacial score (nSPS) is 21.2. The van der Waals surface area contributed by atoms with Gasteiger partial charge in [0.25, 0.3) is 11.8 Å². The number of carbonyl (C=O) groups excluding carboxylic acids is 2. The Morgan fingerprint density at radius 3 is 2.39 bits per heavy atom. The molecule has 0 saturated carbocycles. The molecule has 0 radical (unpaired) electrons. The highest BCUT2D eigenvalue weighted by Gasteiger charge is 2.29. The van der Waals surface area contributed by atoms with Gasteiger partial charge in [0, 0.05) is 49.9 Å². The van der Waals surface area contributed by atoms with Crippen molar-refractivity contribution in [3.63, 3.8) is 0 Å². The van der Waals surface area contributed by atoms with E-state index in [1.54, 1.807) is 0 Å². The third-order valence-electron chi connectivity index (χ3n) is 7.19. The van der Waals surface area contributed by atoms with Crippen LogP contribution in [-0.2, 0) is 6.54 Å². The number of likely N-dealkylation sites (tertiary alicyclic amines) is 2. The average Bonchev–Trinajstić information content (AvgIpc) is 3.53. The molecule has 1 atom stereocenters. The van der Waals surface area contributed by atoms with Crippen molar-refractivity contribution in [1.29, 1.82) is 0 Å². The summed E-state index contributed by atoms with van der Waals surface area (Å²) in [5.74, 6) is 0.284. The molecule has 0 unspecified atom stereocenters. The van der Waals surface area contributed by atoms with Crippen LogP contribution in [0.5, 0.6) is 0 Å². The third kappa shape index (κ3) is 3.99. The van der Waals surface area contributed by atoms with Gasteiger partial charge in [-0.1, -0.05) is 18.2 Å². The molecule has 2 fully saturated rings. The van der Waals surface area contributed by atoms with Crippen LogP contribution in [0.2, 0.25) is 0 Å². The van der Waals surface area contributed by atoms with E-state index in [9.17, 15) is 9.59 Å². The van der Waals surface area contributed by atoms with Gasteiger partial charge in [0.2, 0.25) is 0 Å². The lowest BCUT2D eigenvalue weighted by atomic mass is 9.99. The fourth-order valence-electron chi connectivity index (χ4n) is 5.22. The Morgan fingerprint density at radius 2 is 1.68 bits per heavy atom. The number of nitrogens with zero attached hydrogens (tertiary/aromatic N) is 3. The zero-order chi connectivity index (χ0) is 21.4. The predicted octanol–water partition coefficient (Wildman–Crippen LogP) is 4.03. The van der Waals surface area contributed by atoms with Crippen LogP contribution < -0.4 is 0 Å². The molecule has 3 heterocycles. The maximum atomic E-state index is 12.8. The average molecular weight is 418 g/mol. The van der Waals surface area contributed by atoms with E-state index in [4.69, 9.17) is 0 Å². The second-order valence-electron chi connectivity index (χ2n) is 9.20. The van der Waals surface area contributed by atoms with Gasteiger partial charge in [0.05, 0.1) is 0 Å². The fraction of sp³-hybridized carbons (Fsp3) is 0.462. The van der Waals surface area contributed by atoms with Crippen molar-refractivity contribution in [2.24, 2.45) is 0 Å². The lowest BCUT2D eigenvalue weighted by molar-refractivity contribution is 0.0755. The molecule has 2 amide bonds. The van der Waals surface area contributed by atoms with Gasteiger partial charge in [0.15, 0.2) is 0 Å². The molecule has 0 N–H and O–H groups in total. The van der Waals surface area contributed by atoms with Gasteiger partial charge < -0.3 is 9.80 Å². The molecule has 5 heteroatoms. The van der Waals surface area contributed by atoms with Gasteiger partial charge in [-0.2, -0.15) is 0 Å². The molecule has 0 aliphatic carbocycles. The van der Waals surface area contributed by atoms with E-state index in [1.165, 1.54) is 12.8 Å². The summed E-state index contributed by atoms with van der Waals surface area (Å²) < 4.78 is 0. The van der Waals surface area contributed by atoms with Crippen LogP contribution in [0.15, 0.2) is 42.5 Å². The largest absolute Gasteiger partial charge is 0.339 e. The first-order valence-corrected chi connectivity index (χ1v) is 11.7. The van der Waals surface area contributed by atoms with Crippen molar-refractivity contribution < 1.29 is 9.59 Å². The molecule has 2 saturated heterocycles. The Kier molecular flexibility index (Phi) is 5.53. The minimum atomic E-state index is 0.131. The lowest BCUT2D eigenvalue weighted by Gasteiger charge is -2.24. The molecule has 2 aromatic carbocycles. The number of benzene rings is 2. The van der Waals surface area contributed by atoms with E-state index >= 15 is 0 Å². The van der Waals surface area contributed by atoms with Crippen molar-refractivity contribution in [3.05, 3.63) is 59.2 Å². The monoisotopic (exact) mass is 417 g/mol. The van der Waals surface area contributed by atoms with E-state index in [0.29, 0.717) is 12.6 Å². The van der Waals surface area contributed by atoms with Crippen LogP contribution in [0.25, 0.3) is 11.1 Å². The number of carbonyl (C=O) groups is 2. The van der Waals surface area contributed by atoms with Crippen LogP contribution in [0.3, 0.4) is 0 Å². The molecule has 31 heavy (non-hydrogen) atoms. The van der Waals surface area contributed by atoms with Gasteiger partial charge in [-0.15, -0.1) is 0 Å². The molecule has 0 bridgehead atoms. The number of hydrogen-bond acceptors (Lipinski definition) is 3. The molecule has 3 aliphatic rings. The molecule has 162 valence electrons. The van der Waals surface area contributed by atoms with Crippen LogP contribution in [0, 0.1) is 0 Å². The maximum absolute atomic E-state index is 12.8. The van der Waals surface area contributed by atoms with Gasteiger partial charge in [-0.25, -0.2) is 0 Å². The highest BCUT2D eigenvalue weighted by molar-refractivity contribution is 5.99. The summed E-state index contributed by atoms with van der Waals surface area (Å²) in [6.07, 6.45) is 4.73. The van der Waals surface area contributed by atoms with E-state index in [1.807, 2.05) is 46.2 Å². The summed E-state index contributed by atoms with van der Waals surface area (Å²) >= 11 is 0. The molecule has 2 aromatic rings. The minimum Gasteiger partial charge on any atom is -0.339 e. The van der Waals surface area contributed by atoms with E-state index < -0.39 is 0 Å². The van der Waals surface area contributed by atoms with Crippen molar-refractivity contribution in [3.8, 4) is 11.1 Å². The van der Waals surface area contributed by atoms with Crippen molar-refractivity contribution in [2.45, 2.75) is 45.2 Å². The lowest BCUT2D eigenvalue weighted by Crippen LogP contribution is -2.36. The van der Waals surface area contributed by atoms with Gasteiger partial charge >= 0.3 is 0 Å². The Balaban J connectivity index is 1.27. The van der Waals surface area contributed by atoms with Crippen molar-refractivity contribution in [2.75, 3.05) is 32.7 Å². The van der Waals surface area contributed by atoms with Crippen LogP contribution in [0.1, 0.15) is 58.9 Å². The molecular formula is C26H31N3O2. The summed E-state index contributed by atoms with van der Waals surface area (Å²) in [5.41, 5.74) is 4.87. The quantitative estimate of drug-likeness (QED) is 0.738. The highest BCUT2D eigenvalue weighted by Crippen LogP contribution is 2.29. The van der Waals surface area contributed by atoms with Gasteiger partial charge in [-0.05, 0) is 80.1 Å². The Labute approximate surface area is 184 Å². The van der Waals surface area contributed by atoms with E-state index in [-0.39, 0.29) is 11.8 Å². The number of rotatable bonds is 5.